The topological polar surface area (TPSA) is 139 Å². The van der Waals surface area contributed by atoms with Gasteiger partial charge in [-0.05, 0) is 18.2 Å². The largest absolute Gasteiger partial charge is 1.00 e. The third-order valence-electron chi connectivity index (χ3n) is 3.27. The summed E-state index contributed by atoms with van der Waals surface area (Å²) in [5, 5.41) is 7.42. The number of para-hydroxylation sites is 1. The van der Waals surface area contributed by atoms with Gasteiger partial charge in [-0.1, -0.05) is 29.8 Å². The fraction of sp³-hybridized carbons (Fsp3) is 0.143. The number of anilines is 1. The minimum absolute atomic E-state index is 0. The molecule has 8 nitrogen and oxygen atoms in total. The third kappa shape index (κ3) is 5.57. The van der Waals surface area contributed by atoms with E-state index in [2.05, 4.69) is 5.32 Å². The van der Waals surface area contributed by atoms with E-state index in [1.165, 1.54) is 7.11 Å². The van der Waals surface area contributed by atoms with E-state index >= 15 is 0 Å². The number of hydrogen-bond donors (Lipinski definition) is 2. The smallest absolute Gasteiger partial charge is 0.744 e. The molecule has 2 aromatic rings. The molecule has 0 aliphatic carbocycles. The summed E-state index contributed by atoms with van der Waals surface area (Å²) in [7, 11) is -7.79. The van der Waals surface area contributed by atoms with Gasteiger partial charge in [-0.2, -0.15) is 0 Å². The van der Waals surface area contributed by atoms with Crippen LogP contribution in [-0.2, 0) is 26.7 Å². The van der Waals surface area contributed by atoms with Gasteiger partial charge in [0.25, 0.3) is 0 Å². The number of rotatable bonds is 6. The standard InChI is InChI=1S/C14H15ClN2O6S2.Na/c1-23-12-5-3-2-4-9(12)8-17-11-6-10(15)13(24(16,18)19)7-14(11)25(20,21)22;/h2-7,17H,8H2,1H3,(H2,16,18,19)(H,20,21,22);/q;+1/p-1. The summed E-state index contributed by atoms with van der Waals surface area (Å²) in [6.07, 6.45) is 0. The second kappa shape index (κ2) is 8.89. The number of hydrogen-bond acceptors (Lipinski definition) is 7. The molecule has 0 saturated carbocycles. The Bertz CT molecular complexity index is 1010. The number of ether oxygens (including phenoxy) is 1. The Balaban J connectivity index is 0.00000338. The first-order valence-electron chi connectivity index (χ1n) is 6.72. The molecule has 0 unspecified atom stereocenters. The molecule has 0 aliphatic heterocycles. The first-order valence-corrected chi connectivity index (χ1v) is 10.1. The van der Waals surface area contributed by atoms with Gasteiger partial charge in [0.15, 0.2) is 0 Å². The molecule has 0 amide bonds. The number of methoxy groups -OCH3 is 1. The second-order valence-electron chi connectivity index (χ2n) is 4.94. The Hall–Kier alpha value is -0.850. The van der Waals surface area contributed by atoms with Gasteiger partial charge >= 0.3 is 29.6 Å². The van der Waals surface area contributed by atoms with Crippen LogP contribution in [0, 0.1) is 0 Å². The van der Waals surface area contributed by atoms with Crippen LogP contribution in [0.3, 0.4) is 0 Å². The molecule has 0 aliphatic rings. The third-order valence-corrected chi connectivity index (χ3v) is 5.52. The molecule has 0 aromatic heterocycles. The van der Waals surface area contributed by atoms with Gasteiger partial charge in [0.1, 0.15) is 20.8 Å². The summed E-state index contributed by atoms with van der Waals surface area (Å²) in [5.41, 5.74) is 0.546. The number of benzene rings is 2. The average Bonchev–Trinajstić information content (AvgIpc) is 2.50. The predicted molar refractivity (Wildman–Crippen MR) is 91.1 cm³/mol. The Morgan fingerprint density at radius 1 is 1.15 bits per heavy atom. The van der Waals surface area contributed by atoms with Crippen molar-refractivity contribution in [1.29, 1.82) is 0 Å². The SMILES string of the molecule is COc1ccccc1CNc1cc(Cl)c(S(N)(=O)=O)cc1S(=O)(=O)[O-].[Na+]. The van der Waals surface area contributed by atoms with Gasteiger partial charge in [0.05, 0.1) is 22.7 Å². The Morgan fingerprint density at radius 2 is 1.77 bits per heavy atom. The molecule has 26 heavy (non-hydrogen) atoms. The van der Waals surface area contributed by atoms with Gasteiger partial charge in [-0.15, -0.1) is 0 Å². The van der Waals surface area contributed by atoms with E-state index in [9.17, 15) is 21.4 Å². The van der Waals surface area contributed by atoms with E-state index in [-0.39, 0.29) is 46.8 Å². The van der Waals surface area contributed by atoms with Crippen LogP contribution in [0.4, 0.5) is 5.69 Å². The monoisotopic (exact) mass is 428 g/mol. The summed E-state index contributed by atoms with van der Waals surface area (Å²) < 4.78 is 62.5. The molecule has 136 valence electrons. The number of nitrogens with two attached hydrogens (primary N) is 1. The van der Waals surface area contributed by atoms with Crippen molar-refractivity contribution in [3.63, 3.8) is 0 Å². The molecular weight excluding hydrogens is 415 g/mol. The van der Waals surface area contributed by atoms with Crippen LogP contribution in [0.15, 0.2) is 46.2 Å². The molecule has 2 aromatic carbocycles. The van der Waals surface area contributed by atoms with Crippen molar-refractivity contribution in [2.75, 3.05) is 12.4 Å². The molecule has 3 N–H and O–H groups in total. The molecule has 0 bridgehead atoms. The van der Waals surface area contributed by atoms with Crippen molar-refractivity contribution in [3.8, 4) is 5.75 Å². The van der Waals surface area contributed by atoms with E-state index in [4.69, 9.17) is 21.5 Å². The van der Waals surface area contributed by atoms with Crippen LogP contribution in [0.1, 0.15) is 5.56 Å². The molecule has 0 radical (unpaired) electrons. The van der Waals surface area contributed by atoms with E-state index in [1.807, 2.05) is 0 Å². The zero-order valence-electron chi connectivity index (χ0n) is 13.9. The quantitative estimate of drug-likeness (QED) is 0.422. The van der Waals surface area contributed by atoms with Crippen LogP contribution in [0.2, 0.25) is 5.02 Å². The summed E-state index contributed by atoms with van der Waals surface area (Å²) in [4.78, 5) is -1.41. The van der Waals surface area contributed by atoms with Gasteiger partial charge in [0, 0.05) is 12.1 Å². The number of nitrogens with one attached hydrogen (secondary N) is 1. The number of halogens is 1. The maximum absolute atomic E-state index is 11.5. The van der Waals surface area contributed by atoms with Crippen LogP contribution in [-0.4, -0.2) is 28.5 Å². The first kappa shape index (κ1) is 23.2. The molecule has 0 spiro atoms. The van der Waals surface area contributed by atoms with Crippen molar-refractivity contribution >= 4 is 37.4 Å². The Labute approximate surface area is 178 Å². The van der Waals surface area contributed by atoms with Crippen molar-refractivity contribution in [2.45, 2.75) is 16.3 Å². The first-order chi connectivity index (χ1) is 11.5. The molecule has 0 atom stereocenters. The zero-order chi connectivity index (χ0) is 18.8. The Morgan fingerprint density at radius 3 is 2.31 bits per heavy atom. The van der Waals surface area contributed by atoms with Crippen LogP contribution in [0.5, 0.6) is 5.75 Å². The molecule has 0 fully saturated rings. The average molecular weight is 429 g/mol. The van der Waals surface area contributed by atoms with E-state index in [0.29, 0.717) is 17.4 Å². The van der Waals surface area contributed by atoms with Gasteiger partial charge < -0.3 is 14.6 Å². The number of primary sulfonamides is 1. The molecule has 2 rings (SSSR count). The zero-order valence-corrected chi connectivity index (χ0v) is 18.3. The van der Waals surface area contributed by atoms with Crippen LogP contribution < -0.4 is 44.7 Å². The fourth-order valence-electron chi connectivity index (χ4n) is 2.14. The summed E-state index contributed by atoms with van der Waals surface area (Å²) >= 11 is 5.86. The minimum Gasteiger partial charge on any atom is -0.744 e. The maximum Gasteiger partial charge on any atom is 1.00 e. The van der Waals surface area contributed by atoms with Crippen molar-refractivity contribution in [1.82, 2.24) is 0 Å². The summed E-state index contributed by atoms with van der Waals surface area (Å²) in [6, 6.07) is 8.62. The summed E-state index contributed by atoms with van der Waals surface area (Å²) in [5.74, 6) is 0.550. The molecular formula is C14H14ClN2NaO6S2. The predicted octanol–water partition coefficient (Wildman–Crippen LogP) is -1.48. The van der Waals surface area contributed by atoms with Crippen molar-refractivity contribution < 1.29 is 55.7 Å². The van der Waals surface area contributed by atoms with Gasteiger partial charge in [0.2, 0.25) is 10.0 Å². The maximum atomic E-state index is 11.5. The van der Waals surface area contributed by atoms with Gasteiger partial charge in [-0.3, -0.25) is 0 Å². The van der Waals surface area contributed by atoms with E-state index < -0.39 is 29.9 Å². The normalized spacial score (nSPS) is 11.5. The fourth-order valence-corrected chi connectivity index (χ4v) is 3.97. The number of sulfonamides is 1. The van der Waals surface area contributed by atoms with Crippen LogP contribution in [0.25, 0.3) is 0 Å². The second-order valence-corrected chi connectivity index (χ2v) is 8.23. The van der Waals surface area contributed by atoms with Crippen LogP contribution >= 0.6 is 11.6 Å². The van der Waals surface area contributed by atoms with E-state index in [0.717, 1.165) is 6.07 Å². The minimum atomic E-state index is -4.98. The van der Waals surface area contributed by atoms with Gasteiger partial charge in [-0.25, -0.2) is 22.0 Å². The molecule has 12 heteroatoms. The molecule has 0 heterocycles. The molecule has 0 saturated heterocycles. The Kier molecular flexibility index (Phi) is 7.93. The van der Waals surface area contributed by atoms with E-state index in [1.54, 1.807) is 24.3 Å². The summed E-state index contributed by atoms with van der Waals surface area (Å²) in [6.45, 7) is 0.109. The van der Waals surface area contributed by atoms with Crippen molar-refractivity contribution in [2.24, 2.45) is 5.14 Å². The van der Waals surface area contributed by atoms with Crippen molar-refractivity contribution in [3.05, 3.63) is 47.0 Å².